The number of esters is 1. The van der Waals surface area contributed by atoms with Crippen LogP contribution in [0.2, 0.25) is 0 Å². The van der Waals surface area contributed by atoms with Crippen LogP contribution in [-0.4, -0.2) is 32.9 Å². The Morgan fingerprint density at radius 2 is 2.00 bits per heavy atom. The van der Waals surface area contributed by atoms with Crippen LogP contribution in [0.4, 0.5) is 0 Å². The number of ether oxygens (including phenoxy) is 1. The lowest BCUT2D eigenvalue weighted by atomic mass is 10.1. The van der Waals surface area contributed by atoms with Gasteiger partial charge in [0.05, 0.1) is 5.57 Å². The molecule has 0 bridgehead atoms. The first-order chi connectivity index (χ1) is 13.9. The molecule has 0 aliphatic carbocycles. The zero-order chi connectivity index (χ0) is 20.5. The third-order valence-electron chi connectivity index (χ3n) is 4.09. The molecule has 2 aliphatic rings. The van der Waals surface area contributed by atoms with Crippen molar-refractivity contribution in [1.82, 2.24) is 5.01 Å². The highest BCUT2D eigenvalue weighted by atomic mass is 32.2. The molecule has 2 aliphatic heterocycles. The van der Waals surface area contributed by atoms with Crippen LogP contribution in [-0.2, 0) is 4.79 Å². The van der Waals surface area contributed by atoms with Crippen LogP contribution in [0.25, 0.3) is 6.08 Å². The van der Waals surface area contributed by atoms with Crippen molar-refractivity contribution in [3.8, 4) is 5.75 Å². The van der Waals surface area contributed by atoms with Crippen molar-refractivity contribution in [3.05, 3.63) is 57.8 Å². The molecule has 0 saturated carbocycles. The van der Waals surface area contributed by atoms with Gasteiger partial charge in [0, 0.05) is 5.92 Å². The zero-order valence-corrected chi connectivity index (χ0v) is 17.2. The molecule has 3 heterocycles. The van der Waals surface area contributed by atoms with Crippen molar-refractivity contribution >= 4 is 57.1 Å². The molecule has 9 heteroatoms. The first kappa shape index (κ1) is 19.3. The minimum absolute atomic E-state index is 0.00338. The summed E-state index contributed by atoms with van der Waals surface area (Å²) in [6.07, 6.45) is 1.59. The number of thioether (sulfide) groups is 1. The summed E-state index contributed by atoms with van der Waals surface area (Å²) in [4.78, 5) is 29.0. The Bertz CT molecular complexity index is 1080. The molecule has 0 spiro atoms. The van der Waals surface area contributed by atoms with Crippen LogP contribution in [0.5, 0.6) is 5.75 Å². The normalized spacial score (nSPS) is 17.5. The van der Waals surface area contributed by atoms with Crippen molar-refractivity contribution in [2.75, 3.05) is 0 Å². The van der Waals surface area contributed by atoms with Gasteiger partial charge in [0.15, 0.2) is 5.84 Å². The van der Waals surface area contributed by atoms with Gasteiger partial charge in [-0.3, -0.25) is 10.2 Å². The molecule has 29 heavy (non-hydrogen) atoms. The molecule has 1 aromatic heterocycles. The predicted octanol–water partition coefficient (Wildman–Crippen LogP) is 4.24. The fraction of sp³-hybridized carbons (Fsp3) is 0.150. The maximum Gasteiger partial charge on any atom is 0.353 e. The first-order valence-electron chi connectivity index (χ1n) is 8.78. The number of thiophene rings is 1. The molecule has 0 atom stereocenters. The van der Waals surface area contributed by atoms with E-state index in [1.165, 1.54) is 28.1 Å². The summed E-state index contributed by atoms with van der Waals surface area (Å²) in [5.41, 5.74) is 0.846. The Morgan fingerprint density at radius 1 is 1.24 bits per heavy atom. The van der Waals surface area contributed by atoms with Gasteiger partial charge in [-0.15, -0.1) is 11.3 Å². The van der Waals surface area contributed by atoms with Gasteiger partial charge in [-0.05, 0) is 47.0 Å². The summed E-state index contributed by atoms with van der Waals surface area (Å²) in [7, 11) is 0. The predicted molar refractivity (Wildman–Crippen MR) is 116 cm³/mol. The number of rotatable bonds is 4. The van der Waals surface area contributed by atoms with Crippen molar-refractivity contribution in [2.24, 2.45) is 16.0 Å². The van der Waals surface area contributed by atoms with Crippen LogP contribution >= 0.6 is 23.1 Å². The van der Waals surface area contributed by atoms with Gasteiger partial charge in [0.1, 0.15) is 15.7 Å². The molecule has 0 radical (unpaired) electrons. The molecule has 1 amide bonds. The Morgan fingerprint density at radius 3 is 2.66 bits per heavy atom. The molecule has 4 rings (SSSR count). The quantitative estimate of drug-likeness (QED) is 0.450. The average Bonchev–Trinajstić information content (AvgIpc) is 3.36. The van der Waals surface area contributed by atoms with Gasteiger partial charge in [0.25, 0.3) is 5.91 Å². The molecule has 0 fully saturated rings. The lowest BCUT2D eigenvalue weighted by Gasteiger charge is -2.20. The van der Waals surface area contributed by atoms with Crippen LogP contribution in [0.15, 0.2) is 57.4 Å². The second-order valence-corrected chi connectivity index (χ2v) is 8.48. The first-order valence-corrected chi connectivity index (χ1v) is 10.5. The zero-order valence-electron chi connectivity index (χ0n) is 15.6. The van der Waals surface area contributed by atoms with Crippen molar-refractivity contribution in [2.45, 2.75) is 13.8 Å². The Hall–Kier alpha value is -3.04. The molecular formula is C20H16N4O3S2. The Balaban J connectivity index is 1.53. The van der Waals surface area contributed by atoms with E-state index in [9.17, 15) is 9.59 Å². The van der Waals surface area contributed by atoms with Gasteiger partial charge in [0.2, 0.25) is 5.17 Å². The highest BCUT2D eigenvalue weighted by molar-refractivity contribution is 8.27. The number of hydrogen-bond acceptors (Lipinski definition) is 7. The fourth-order valence-corrected chi connectivity index (χ4v) is 4.08. The summed E-state index contributed by atoms with van der Waals surface area (Å²) in [6, 6.07) is 10.2. The van der Waals surface area contributed by atoms with E-state index >= 15 is 0 Å². The number of fused-ring (bicyclic) bond motifs is 1. The highest BCUT2D eigenvalue weighted by Crippen LogP contribution is 2.30. The van der Waals surface area contributed by atoms with Crippen LogP contribution in [0.3, 0.4) is 0 Å². The molecule has 146 valence electrons. The number of amidine groups is 2. The van der Waals surface area contributed by atoms with Gasteiger partial charge in [-0.2, -0.15) is 15.1 Å². The van der Waals surface area contributed by atoms with Crippen LogP contribution in [0, 0.1) is 11.3 Å². The largest absolute Gasteiger partial charge is 0.422 e. The Labute approximate surface area is 175 Å². The van der Waals surface area contributed by atoms with E-state index in [0.717, 1.165) is 5.04 Å². The second kappa shape index (κ2) is 7.76. The smallest absolute Gasteiger partial charge is 0.353 e. The summed E-state index contributed by atoms with van der Waals surface area (Å²) < 4.78 is 5.33. The summed E-state index contributed by atoms with van der Waals surface area (Å²) in [6.45, 7) is 4.00. The number of amides is 1. The van der Waals surface area contributed by atoms with E-state index in [-0.39, 0.29) is 17.3 Å². The molecule has 2 aromatic rings. The fourth-order valence-electron chi connectivity index (χ4n) is 2.59. The van der Waals surface area contributed by atoms with Crippen molar-refractivity contribution in [3.63, 3.8) is 0 Å². The number of carbonyl (C=O) groups is 2. The van der Waals surface area contributed by atoms with Gasteiger partial charge >= 0.3 is 5.97 Å². The number of carbonyl (C=O) groups excluding carboxylic acids is 2. The summed E-state index contributed by atoms with van der Waals surface area (Å²) in [5.74, 6) is -0.299. The number of nitrogens with one attached hydrogen (secondary N) is 1. The van der Waals surface area contributed by atoms with Crippen molar-refractivity contribution in [1.29, 1.82) is 5.41 Å². The number of aliphatic imine (C=N–C) groups is 1. The monoisotopic (exact) mass is 424 g/mol. The van der Waals surface area contributed by atoms with Crippen LogP contribution < -0.4 is 4.74 Å². The maximum absolute atomic E-state index is 12.4. The van der Waals surface area contributed by atoms with Crippen molar-refractivity contribution < 1.29 is 14.3 Å². The van der Waals surface area contributed by atoms with Gasteiger partial charge in [-0.1, -0.05) is 32.0 Å². The number of benzene rings is 1. The SMILES string of the molecule is CC(C)C1=NN2C(=N)/C(=C/c3ccc(OC(=O)c4cccs4)cc3)C(=O)N=C2S1. The molecule has 1 aromatic carbocycles. The lowest BCUT2D eigenvalue weighted by molar-refractivity contribution is -0.114. The third-order valence-corrected chi connectivity index (χ3v) is 6.15. The van der Waals surface area contributed by atoms with E-state index in [0.29, 0.717) is 21.4 Å². The van der Waals surface area contributed by atoms with Crippen LogP contribution in [0.1, 0.15) is 29.1 Å². The average molecular weight is 425 g/mol. The molecular weight excluding hydrogens is 408 g/mol. The van der Waals surface area contributed by atoms with E-state index in [1.54, 1.807) is 42.5 Å². The lowest BCUT2D eigenvalue weighted by Crippen LogP contribution is -2.35. The van der Waals surface area contributed by atoms with E-state index < -0.39 is 11.9 Å². The topological polar surface area (TPSA) is 95.2 Å². The summed E-state index contributed by atoms with van der Waals surface area (Å²) in [5, 5.41) is 17.2. The summed E-state index contributed by atoms with van der Waals surface area (Å²) >= 11 is 2.63. The second-order valence-electron chi connectivity index (χ2n) is 6.55. The van der Waals surface area contributed by atoms with E-state index in [4.69, 9.17) is 10.1 Å². The standard InChI is InChI=1S/C20H16N4O3S2/c1-11(2)18-23-24-16(21)14(17(25)22-20(24)29-18)10-12-5-7-13(8-6-12)27-19(26)15-4-3-9-28-15/h3-11,21H,1-2H3/b14-10-,21-16?. The highest BCUT2D eigenvalue weighted by Gasteiger charge is 2.36. The minimum Gasteiger partial charge on any atom is -0.422 e. The number of nitrogens with zero attached hydrogens (tertiary/aromatic N) is 3. The van der Waals surface area contributed by atoms with Gasteiger partial charge in [-0.25, -0.2) is 4.79 Å². The maximum atomic E-state index is 12.4. The molecule has 0 unspecified atom stereocenters. The number of hydrogen-bond donors (Lipinski definition) is 1. The minimum atomic E-state index is -0.470. The third kappa shape index (κ3) is 3.92. The van der Waals surface area contributed by atoms with Gasteiger partial charge < -0.3 is 4.74 Å². The van der Waals surface area contributed by atoms with E-state index in [2.05, 4.69) is 10.1 Å². The Kier molecular flexibility index (Phi) is 5.16. The molecule has 0 saturated heterocycles. The van der Waals surface area contributed by atoms with E-state index in [1.807, 2.05) is 19.2 Å². The number of hydrazone groups is 1. The molecule has 7 nitrogen and oxygen atoms in total. The molecule has 1 N–H and O–H groups in total.